The van der Waals surface area contributed by atoms with E-state index in [1.165, 1.54) is 0 Å². The fourth-order valence-electron chi connectivity index (χ4n) is 1.01. The summed E-state index contributed by atoms with van der Waals surface area (Å²) in [5.74, 6) is 0.483. The molecule has 0 aliphatic rings. The van der Waals surface area contributed by atoms with Gasteiger partial charge in [0.25, 0.3) is 0 Å². The minimum absolute atomic E-state index is 0.395. The van der Waals surface area contributed by atoms with Gasteiger partial charge in [0.1, 0.15) is 0 Å². The number of aliphatic hydroxyl groups excluding tert-OH is 1. The summed E-state index contributed by atoms with van der Waals surface area (Å²) in [7, 11) is 0. The van der Waals surface area contributed by atoms with E-state index < -0.39 is 6.10 Å². The Labute approximate surface area is 93.5 Å². The lowest BCUT2D eigenvalue weighted by Crippen LogP contribution is -1.99. The molecule has 0 aromatic carbocycles. The smallest absolute Gasteiger partial charge is 0.0797 e. The third kappa shape index (κ3) is 9.27. The molecular formula is C14H22O. The fraction of sp³-hybridized carbons (Fsp3) is 0.500. The average molecular weight is 206 g/mol. The van der Waals surface area contributed by atoms with Gasteiger partial charge in [-0.15, -0.1) is 5.73 Å². The van der Waals surface area contributed by atoms with Crippen LogP contribution >= 0.6 is 0 Å². The van der Waals surface area contributed by atoms with Crippen molar-refractivity contribution in [3.05, 3.63) is 42.2 Å². The van der Waals surface area contributed by atoms with Crippen LogP contribution in [-0.4, -0.2) is 11.2 Å². The molecule has 1 nitrogen and oxygen atoms in total. The van der Waals surface area contributed by atoms with E-state index in [1.54, 1.807) is 6.08 Å². The molecule has 0 rings (SSSR count). The van der Waals surface area contributed by atoms with Crippen LogP contribution in [-0.2, 0) is 0 Å². The molecule has 0 fully saturated rings. The van der Waals surface area contributed by atoms with Gasteiger partial charge >= 0.3 is 0 Å². The molecule has 0 aromatic heterocycles. The summed E-state index contributed by atoms with van der Waals surface area (Å²) < 4.78 is 0. The molecule has 15 heavy (non-hydrogen) atoms. The summed E-state index contributed by atoms with van der Waals surface area (Å²) in [6.45, 7) is 9.85. The van der Waals surface area contributed by atoms with Crippen LogP contribution in [0.3, 0.4) is 0 Å². The molecule has 0 amide bonds. The van der Waals surface area contributed by atoms with Gasteiger partial charge in [-0.05, 0) is 37.8 Å². The van der Waals surface area contributed by atoms with Crippen molar-refractivity contribution in [3.8, 4) is 0 Å². The molecule has 0 aromatic rings. The number of hydrogen-bond acceptors (Lipinski definition) is 1. The molecule has 0 radical (unpaired) electrons. The molecule has 0 spiro atoms. The van der Waals surface area contributed by atoms with E-state index in [2.05, 4.69) is 32.2 Å². The summed E-state index contributed by atoms with van der Waals surface area (Å²) in [5, 5.41) is 9.55. The van der Waals surface area contributed by atoms with Gasteiger partial charge < -0.3 is 5.11 Å². The molecule has 84 valence electrons. The summed E-state index contributed by atoms with van der Waals surface area (Å²) in [6.07, 6.45) is 8.79. The standard InChI is InChI=1S/C14H22O/c1-5-13(4)9-7-11-14(15)10-6-8-12(2)3/h5,8-10,12,14-15H,1,7,11H2,2-4H3/b13-9+/t6?,14-/m1/s1. The molecular weight excluding hydrogens is 184 g/mol. The molecule has 0 saturated heterocycles. The second kappa shape index (κ2) is 8.28. The molecule has 0 heterocycles. The molecule has 1 atom stereocenters. The Morgan fingerprint density at radius 3 is 2.60 bits per heavy atom. The Kier molecular flexibility index (Phi) is 7.71. The first-order chi connectivity index (χ1) is 7.06. The van der Waals surface area contributed by atoms with Gasteiger partial charge in [-0.1, -0.05) is 38.2 Å². The Morgan fingerprint density at radius 1 is 1.40 bits per heavy atom. The lowest BCUT2D eigenvalue weighted by molar-refractivity contribution is 0.214. The van der Waals surface area contributed by atoms with E-state index in [4.69, 9.17) is 0 Å². The van der Waals surface area contributed by atoms with E-state index in [1.807, 2.05) is 19.1 Å². The first kappa shape index (κ1) is 14.0. The Balaban J connectivity index is 3.90. The lowest BCUT2D eigenvalue weighted by atomic mass is 10.1. The summed E-state index contributed by atoms with van der Waals surface area (Å²) in [6, 6.07) is 0. The highest BCUT2D eigenvalue weighted by atomic mass is 16.3. The van der Waals surface area contributed by atoms with Gasteiger partial charge in [0, 0.05) is 0 Å². The maximum absolute atomic E-state index is 9.55. The number of rotatable bonds is 6. The number of allylic oxidation sites excluding steroid dienone is 3. The van der Waals surface area contributed by atoms with Gasteiger partial charge in [0.2, 0.25) is 0 Å². The second-order valence-electron chi connectivity index (χ2n) is 4.04. The topological polar surface area (TPSA) is 20.2 Å². The minimum atomic E-state index is -0.395. The van der Waals surface area contributed by atoms with Crippen molar-refractivity contribution < 1.29 is 5.11 Å². The normalized spacial score (nSPS) is 13.3. The van der Waals surface area contributed by atoms with Crippen molar-refractivity contribution in [3.63, 3.8) is 0 Å². The van der Waals surface area contributed by atoms with E-state index in [-0.39, 0.29) is 0 Å². The largest absolute Gasteiger partial charge is 0.388 e. The van der Waals surface area contributed by atoms with Crippen LogP contribution in [0, 0.1) is 5.92 Å². The predicted molar refractivity (Wildman–Crippen MR) is 66.7 cm³/mol. The molecule has 0 aliphatic carbocycles. The Hall–Kier alpha value is -1.04. The third-order valence-electron chi connectivity index (χ3n) is 1.97. The van der Waals surface area contributed by atoms with Crippen molar-refractivity contribution in [1.29, 1.82) is 0 Å². The highest BCUT2D eigenvalue weighted by Gasteiger charge is 1.95. The quantitative estimate of drug-likeness (QED) is 0.520. The summed E-state index contributed by atoms with van der Waals surface area (Å²) in [5.41, 5.74) is 4.15. The summed E-state index contributed by atoms with van der Waals surface area (Å²) in [4.78, 5) is 0. The van der Waals surface area contributed by atoms with Crippen LogP contribution in [0.25, 0.3) is 0 Å². The van der Waals surface area contributed by atoms with Crippen LogP contribution in [0.4, 0.5) is 0 Å². The Bertz CT molecular complexity index is 265. The zero-order chi connectivity index (χ0) is 11.7. The number of hydrogen-bond donors (Lipinski definition) is 1. The maximum atomic E-state index is 9.55. The van der Waals surface area contributed by atoms with Crippen molar-refractivity contribution in [2.75, 3.05) is 0 Å². The number of aliphatic hydroxyl groups is 1. The van der Waals surface area contributed by atoms with Gasteiger partial charge in [-0.25, -0.2) is 0 Å². The van der Waals surface area contributed by atoms with Gasteiger partial charge in [0.15, 0.2) is 0 Å². The van der Waals surface area contributed by atoms with Crippen molar-refractivity contribution >= 4 is 0 Å². The molecule has 0 aliphatic heterocycles. The van der Waals surface area contributed by atoms with Crippen LogP contribution in [0.2, 0.25) is 0 Å². The first-order valence-electron chi connectivity index (χ1n) is 5.46. The van der Waals surface area contributed by atoms with Crippen LogP contribution in [0.1, 0.15) is 33.6 Å². The van der Waals surface area contributed by atoms with E-state index in [0.29, 0.717) is 5.92 Å². The van der Waals surface area contributed by atoms with E-state index >= 15 is 0 Å². The summed E-state index contributed by atoms with van der Waals surface area (Å²) >= 11 is 0. The SMILES string of the molecule is C=C/C(C)=C/CC[C@H](O)C=C=CC(C)C. The minimum Gasteiger partial charge on any atom is -0.388 e. The van der Waals surface area contributed by atoms with Gasteiger partial charge in [0.05, 0.1) is 6.10 Å². The van der Waals surface area contributed by atoms with Gasteiger partial charge in [-0.3, -0.25) is 0 Å². The van der Waals surface area contributed by atoms with Crippen molar-refractivity contribution in [1.82, 2.24) is 0 Å². The molecule has 0 bridgehead atoms. The fourth-order valence-corrected chi connectivity index (χ4v) is 1.01. The van der Waals surface area contributed by atoms with Crippen LogP contribution < -0.4 is 0 Å². The van der Waals surface area contributed by atoms with Crippen LogP contribution in [0.5, 0.6) is 0 Å². The maximum Gasteiger partial charge on any atom is 0.0797 e. The Morgan fingerprint density at radius 2 is 2.07 bits per heavy atom. The third-order valence-corrected chi connectivity index (χ3v) is 1.97. The molecule has 0 saturated carbocycles. The predicted octanol–water partition coefficient (Wildman–Crippen LogP) is 3.63. The molecule has 1 N–H and O–H groups in total. The lowest BCUT2D eigenvalue weighted by Gasteiger charge is -2.01. The van der Waals surface area contributed by atoms with Crippen molar-refractivity contribution in [2.45, 2.75) is 39.7 Å². The molecule has 0 unspecified atom stereocenters. The zero-order valence-electron chi connectivity index (χ0n) is 10.0. The molecule has 1 heteroatoms. The van der Waals surface area contributed by atoms with Gasteiger partial charge in [-0.2, -0.15) is 0 Å². The second-order valence-corrected chi connectivity index (χ2v) is 4.04. The van der Waals surface area contributed by atoms with Crippen LogP contribution in [0.15, 0.2) is 42.2 Å². The van der Waals surface area contributed by atoms with E-state index in [9.17, 15) is 5.11 Å². The monoisotopic (exact) mass is 206 g/mol. The highest BCUT2D eigenvalue weighted by Crippen LogP contribution is 2.03. The first-order valence-corrected chi connectivity index (χ1v) is 5.46. The van der Waals surface area contributed by atoms with E-state index in [0.717, 1.165) is 18.4 Å². The zero-order valence-corrected chi connectivity index (χ0v) is 10.0. The average Bonchev–Trinajstić information content (AvgIpc) is 2.17. The van der Waals surface area contributed by atoms with Crippen molar-refractivity contribution in [2.24, 2.45) is 5.92 Å². The highest BCUT2D eigenvalue weighted by molar-refractivity contribution is 5.12.